The molecule has 4 aromatic rings. The molecule has 0 spiro atoms. The van der Waals surface area contributed by atoms with Gasteiger partial charge in [-0.1, -0.05) is 18.2 Å². The Bertz CT molecular complexity index is 1020. The van der Waals surface area contributed by atoms with Crippen LogP contribution >= 0.6 is 0 Å². The van der Waals surface area contributed by atoms with Crippen LogP contribution in [0.4, 0.5) is 4.39 Å². The standard InChI is InChI=1S/C20H20FN5/c1-13-2-7-18-19(8-13)26(11-14-3-5-15(21)6-4-14)20(25-18)17(22)9-16-10-23-12-24-16/h2-8,10,12,17H,9,11,22H2,1H3,(H,23,24)/t17-/m0/s1. The fourth-order valence-corrected chi connectivity index (χ4v) is 3.20. The van der Waals surface area contributed by atoms with Gasteiger partial charge < -0.3 is 15.3 Å². The molecule has 5 nitrogen and oxygen atoms in total. The molecular formula is C20H20FN5. The molecule has 0 unspecified atom stereocenters. The molecule has 0 aliphatic carbocycles. The summed E-state index contributed by atoms with van der Waals surface area (Å²) in [6, 6.07) is 12.4. The number of hydrogen-bond donors (Lipinski definition) is 2. The predicted octanol–water partition coefficient (Wildman–Crippen LogP) is 3.50. The molecule has 4 rings (SSSR count). The number of aryl methyl sites for hydroxylation is 1. The lowest BCUT2D eigenvalue weighted by Crippen LogP contribution is -2.19. The van der Waals surface area contributed by atoms with Crippen LogP contribution in [-0.4, -0.2) is 19.5 Å². The number of fused-ring (bicyclic) bond motifs is 1. The summed E-state index contributed by atoms with van der Waals surface area (Å²) < 4.78 is 15.4. The number of benzene rings is 2. The fourth-order valence-electron chi connectivity index (χ4n) is 3.20. The number of imidazole rings is 2. The Hall–Kier alpha value is -2.99. The summed E-state index contributed by atoms with van der Waals surface area (Å²) in [5.41, 5.74) is 11.5. The van der Waals surface area contributed by atoms with Crippen molar-refractivity contribution in [3.05, 3.63) is 83.5 Å². The van der Waals surface area contributed by atoms with Crippen LogP contribution < -0.4 is 5.73 Å². The first-order chi connectivity index (χ1) is 12.6. The molecule has 2 aromatic carbocycles. The molecule has 0 fully saturated rings. The number of aromatic amines is 1. The summed E-state index contributed by atoms with van der Waals surface area (Å²) in [7, 11) is 0. The Morgan fingerprint density at radius 2 is 2.00 bits per heavy atom. The second-order valence-corrected chi connectivity index (χ2v) is 6.56. The third kappa shape index (κ3) is 3.23. The van der Waals surface area contributed by atoms with Crippen molar-refractivity contribution in [1.29, 1.82) is 0 Å². The van der Waals surface area contributed by atoms with E-state index in [1.807, 2.05) is 12.1 Å². The van der Waals surface area contributed by atoms with E-state index in [1.54, 1.807) is 24.7 Å². The van der Waals surface area contributed by atoms with Crippen LogP contribution in [0.15, 0.2) is 55.0 Å². The number of nitrogens with two attached hydrogens (primary N) is 1. The first-order valence-corrected chi connectivity index (χ1v) is 8.54. The molecule has 0 aliphatic rings. The molecule has 0 saturated carbocycles. The lowest BCUT2D eigenvalue weighted by molar-refractivity contribution is 0.609. The van der Waals surface area contributed by atoms with Gasteiger partial charge in [-0.3, -0.25) is 0 Å². The lowest BCUT2D eigenvalue weighted by Gasteiger charge is -2.14. The van der Waals surface area contributed by atoms with Crippen molar-refractivity contribution in [3.63, 3.8) is 0 Å². The van der Waals surface area contributed by atoms with Crippen LogP contribution in [0.25, 0.3) is 11.0 Å². The molecule has 26 heavy (non-hydrogen) atoms. The summed E-state index contributed by atoms with van der Waals surface area (Å²) in [5.74, 6) is 0.570. The minimum Gasteiger partial charge on any atom is -0.348 e. The summed E-state index contributed by atoms with van der Waals surface area (Å²) in [4.78, 5) is 11.9. The van der Waals surface area contributed by atoms with Gasteiger partial charge in [0.25, 0.3) is 0 Å². The first-order valence-electron chi connectivity index (χ1n) is 8.54. The average Bonchev–Trinajstić information content (AvgIpc) is 3.25. The highest BCUT2D eigenvalue weighted by Gasteiger charge is 2.18. The second kappa shape index (κ2) is 6.72. The van der Waals surface area contributed by atoms with Gasteiger partial charge in [0.15, 0.2) is 0 Å². The molecule has 0 amide bonds. The quantitative estimate of drug-likeness (QED) is 0.579. The van der Waals surface area contributed by atoms with Gasteiger partial charge >= 0.3 is 0 Å². The minimum absolute atomic E-state index is 0.240. The van der Waals surface area contributed by atoms with Crippen molar-refractivity contribution < 1.29 is 4.39 Å². The SMILES string of the molecule is Cc1ccc2nc([C@@H](N)Cc3cnc[nH]3)n(Cc3ccc(F)cc3)c2c1. The zero-order valence-corrected chi connectivity index (χ0v) is 14.5. The van der Waals surface area contributed by atoms with Crippen LogP contribution in [0, 0.1) is 12.7 Å². The van der Waals surface area contributed by atoms with Crippen molar-refractivity contribution >= 4 is 11.0 Å². The molecular weight excluding hydrogens is 329 g/mol. The van der Waals surface area contributed by atoms with Gasteiger partial charge in [-0.25, -0.2) is 14.4 Å². The summed E-state index contributed by atoms with van der Waals surface area (Å²) in [6.45, 7) is 2.64. The third-order valence-corrected chi connectivity index (χ3v) is 4.51. The Kier molecular flexibility index (Phi) is 4.26. The zero-order valence-electron chi connectivity index (χ0n) is 14.5. The lowest BCUT2D eigenvalue weighted by atomic mass is 10.1. The summed E-state index contributed by atoms with van der Waals surface area (Å²) >= 11 is 0. The van der Waals surface area contributed by atoms with E-state index in [9.17, 15) is 4.39 Å². The number of hydrogen-bond acceptors (Lipinski definition) is 3. The molecule has 3 N–H and O–H groups in total. The van der Waals surface area contributed by atoms with E-state index >= 15 is 0 Å². The normalized spacial score (nSPS) is 12.6. The van der Waals surface area contributed by atoms with Gasteiger partial charge in [-0.2, -0.15) is 0 Å². The smallest absolute Gasteiger partial charge is 0.127 e. The van der Waals surface area contributed by atoms with Gasteiger partial charge in [-0.05, 0) is 42.3 Å². The highest BCUT2D eigenvalue weighted by molar-refractivity contribution is 5.77. The molecule has 1 atom stereocenters. The maximum atomic E-state index is 13.2. The van der Waals surface area contributed by atoms with Crippen molar-refractivity contribution in [3.8, 4) is 0 Å². The molecule has 2 heterocycles. The van der Waals surface area contributed by atoms with Crippen molar-refractivity contribution in [2.75, 3.05) is 0 Å². The molecule has 2 aromatic heterocycles. The Labute approximate surface area is 150 Å². The highest BCUT2D eigenvalue weighted by Crippen LogP contribution is 2.24. The summed E-state index contributed by atoms with van der Waals surface area (Å²) in [6.07, 6.45) is 4.04. The highest BCUT2D eigenvalue weighted by atomic mass is 19.1. The van der Waals surface area contributed by atoms with Crippen LogP contribution in [-0.2, 0) is 13.0 Å². The van der Waals surface area contributed by atoms with E-state index in [4.69, 9.17) is 10.7 Å². The van der Waals surface area contributed by atoms with E-state index in [1.165, 1.54) is 12.1 Å². The molecule has 132 valence electrons. The van der Waals surface area contributed by atoms with Gasteiger partial charge in [-0.15, -0.1) is 0 Å². The van der Waals surface area contributed by atoms with E-state index in [2.05, 4.69) is 27.5 Å². The first kappa shape index (κ1) is 16.5. The largest absolute Gasteiger partial charge is 0.348 e. The molecule has 0 aliphatic heterocycles. The zero-order chi connectivity index (χ0) is 18.1. The van der Waals surface area contributed by atoms with Crippen molar-refractivity contribution in [1.82, 2.24) is 19.5 Å². The number of rotatable bonds is 5. The van der Waals surface area contributed by atoms with Crippen molar-refractivity contribution in [2.24, 2.45) is 5.73 Å². The molecule has 0 bridgehead atoms. The Balaban J connectivity index is 1.76. The van der Waals surface area contributed by atoms with E-state index < -0.39 is 0 Å². The van der Waals surface area contributed by atoms with Crippen molar-refractivity contribution in [2.45, 2.75) is 25.9 Å². The maximum Gasteiger partial charge on any atom is 0.127 e. The van der Waals surface area contributed by atoms with Crippen LogP contribution in [0.3, 0.4) is 0 Å². The fraction of sp³-hybridized carbons (Fsp3) is 0.200. The van der Waals surface area contributed by atoms with Gasteiger partial charge in [0.2, 0.25) is 0 Å². The van der Waals surface area contributed by atoms with Gasteiger partial charge in [0, 0.05) is 24.9 Å². The Morgan fingerprint density at radius 3 is 2.73 bits per heavy atom. The maximum absolute atomic E-state index is 13.2. The van der Waals surface area contributed by atoms with Crippen LogP contribution in [0.1, 0.15) is 28.7 Å². The van der Waals surface area contributed by atoms with E-state index in [-0.39, 0.29) is 11.9 Å². The average molecular weight is 349 g/mol. The van der Waals surface area contributed by atoms with E-state index in [0.29, 0.717) is 13.0 Å². The molecule has 0 radical (unpaired) electrons. The minimum atomic E-state index is -0.274. The van der Waals surface area contributed by atoms with E-state index in [0.717, 1.165) is 33.7 Å². The third-order valence-electron chi connectivity index (χ3n) is 4.51. The van der Waals surface area contributed by atoms with Crippen LogP contribution in [0.5, 0.6) is 0 Å². The molecule has 6 heteroatoms. The predicted molar refractivity (Wildman–Crippen MR) is 99.2 cm³/mol. The summed E-state index contributed by atoms with van der Waals surface area (Å²) in [5, 5.41) is 0. The van der Waals surface area contributed by atoms with Gasteiger partial charge in [0.05, 0.1) is 23.4 Å². The number of H-pyrrole nitrogens is 1. The second-order valence-electron chi connectivity index (χ2n) is 6.56. The van der Waals surface area contributed by atoms with Crippen LogP contribution in [0.2, 0.25) is 0 Å². The number of halogens is 1. The topological polar surface area (TPSA) is 72.5 Å². The number of nitrogens with one attached hydrogen (secondary N) is 1. The number of nitrogens with zero attached hydrogens (tertiary/aromatic N) is 3. The Morgan fingerprint density at radius 1 is 1.19 bits per heavy atom. The van der Waals surface area contributed by atoms with Gasteiger partial charge in [0.1, 0.15) is 11.6 Å². The number of aromatic nitrogens is 4. The monoisotopic (exact) mass is 349 g/mol. The molecule has 0 saturated heterocycles.